The van der Waals surface area contributed by atoms with Crippen LogP contribution >= 0.6 is 0 Å². The number of hydrogen-bond acceptors (Lipinski definition) is 2. The smallest absolute Gasteiger partial charge is 0.308 e. The first-order valence-corrected chi connectivity index (χ1v) is 6.20. The Bertz CT molecular complexity index is 594. The predicted molar refractivity (Wildman–Crippen MR) is 71.9 cm³/mol. The largest absolute Gasteiger partial charge is 0.481 e. The van der Waals surface area contributed by atoms with E-state index in [9.17, 15) is 4.79 Å². The van der Waals surface area contributed by atoms with Crippen LogP contribution in [0.1, 0.15) is 6.42 Å². The topological polar surface area (TPSA) is 40.5 Å². The Hall–Kier alpha value is -2.03. The molecule has 1 aliphatic rings. The summed E-state index contributed by atoms with van der Waals surface area (Å²) in [6.07, 6.45) is 0.738. The molecule has 2 aromatic rings. The monoisotopic (exact) mass is 241 g/mol. The molecule has 1 fully saturated rings. The van der Waals surface area contributed by atoms with Gasteiger partial charge in [0, 0.05) is 18.8 Å². The summed E-state index contributed by atoms with van der Waals surface area (Å²) >= 11 is 0. The van der Waals surface area contributed by atoms with Crippen LogP contribution in [0.4, 0.5) is 5.69 Å². The van der Waals surface area contributed by atoms with E-state index in [4.69, 9.17) is 5.11 Å². The van der Waals surface area contributed by atoms with Crippen LogP contribution in [0, 0.1) is 5.92 Å². The molecule has 3 rings (SSSR count). The molecule has 1 aliphatic heterocycles. The number of nitrogens with zero attached hydrogens (tertiary/aromatic N) is 1. The second kappa shape index (κ2) is 4.33. The van der Waals surface area contributed by atoms with Crippen molar-refractivity contribution < 1.29 is 9.90 Å². The summed E-state index contributed by atoms with van der Waals surface area (Å²) in [5.74, 6) is -0.908. The molecule has 3 heteroatoms. The summed E-state index contributed by atoms with van der Waals surface area (Å²) in [7, 11) is 0. The maximum Gasteiger partial charge on any atom is 0.308 e. The molecule has 0 unspecified atom stereocenters. The Morgan fingerprint density at radius 2 is 1.94 bits per heavy atom. The van der Waals surface area contributed by atoms with Gasteiger partial charge >= 0.3 is 5.97 Å². The van der Waals surface area contributed by atoms with Crippen LogP contribution in [0.3, 0.4) is 0 Å². The average molecular weight is 241 g/mol. The van der Waals surface area contributed by atoms with E-state index >= 15 is 0 Å². The van der Waals surface area contributed by atoms with Gasteiger partial charge in [0.2, 0.25) is 0 Å². The van der Waals surface area contributed by atoms with Gasteiger partial charge in [-0.05, 0) is 29.3 Å². The summed E-state index contributed by atoms with van der Waals surface area (Å²) in [4.78, 5) is 13.1. The molecule has 0 aliphatic carbocycles. The minimum atomic E-state index is -0.682. The highest BCUT2D eigenvalue weighted by Gasteiger charge is 2.27. The average Bonchev–Trinajstić information content (AvgIpc) is 2.88. The first-order chi connectivity index (χ1) is 8.74. The van der Waals surface area contributed by atoms with Gasteiger partial charge in [0.25, 0.3) is 0 Å². The molecule has 1 saturated heterocycles. The third-order valence-corrected chi connectivity index (χ3v) is 3.64. The Labute approximate surface area is 106 Å². The van der Waals surface area contributed by atoms with Gasteiger partial charge in [-0.25, -0.2) is 0 Å². The third kappa shape index (κ3) is 1.92. The molecule has 0 aromatic heterocycles. The van der Waals surface area contributed by atoms with Crippen molar-refractivity contribution in [3.05, 3.63) is 42.5 Å². The highest BCUT2D eigenvalue weighted by molar-refractivity contribution is 5.86. The van der Waals surface area contributed by atoms with Crippen molar-refractivity contribution >= 4 is 22.4 Å². The fourth-order valence-electron chi connectivity index (χ4n) is 2.57. The van der Waals surface area contributed by atoms with Gasteiger partial charge in [0.05, 0.1) is 5.92 Å². The van der Waals surface area contributed by atoms with E-state index in [0.29, 0.717) is 6.54 Å². The normalized spacial score (nSPS) is 19.3. The number of carbonyl (C=O) groups is 1. The van der Waals surface area contributed by atoms with Gasteiger partial charge < -0.3 is 10.0 Å². The lowest BCUT2D eigenvalue weighted by Gasteiger charge is -2.18. The standard InChI is InChI=1S/C15H15NO2/c17-15(18)13-7-8-16(10-13)14-6-5-11-3-1-2-4-12(11)9-14/h1-6,9,13H,7-8,10H2,(H,17,18)/t13-/m1/s1. The Morgan fingerprint density at radius 3 is 2.67 bits per heavy atom. The van der Waals surface area contributed by atoms with Crippen LogP contribution in [0.5, 0.6) is 0 Å². The molecule has 0 saturated carbocycles. The molecule has 0 radical (unpaired) electrons. The van der Waals surface area contributed by atoms with Crippen molar-refractivity contribution in [1.82, 2.24) is 0 Å². The summed E-state index contributed by atoms with van der Waals surface area (Å²) in [6.45, 7) is 1.45. The number of carboxylic acid groups (broad SMARTS) is 1. The molecule has 0 amide bonds. The number of rotatable bonds is 2. The lowest BCUT2D eigenvalue weighted by Crippen LogP contribution is -2.22. The molecule has 3 nitrogen and oxygen atoms in total. The Kier molecular flexibility index (Phi) is 2.67. The van der Waals surface area contributed by atoms with Gasteiger partial charge in [0.1, 0.15) is 0 Å². The van der Waals surface area contributed by atoms with Crippen LogP contribution in [0.15, 0.2) is 42.5 Å². The Balaban J connectivity index is 1.89. The van der Waals surface area contributed by atoms with Crippen LogP contribution < -0.4 is 4.90 Å². The fraction of sp³-hybridized carbons (Fsp3) is 0.267. The third-order valence-electron chi connectivity index (χ3n) is 3.64. The number of carboxylic acids is 1. The van der Waals surface area contributed by atoms with E-state index < -0.39 is 5.97 Å². The van der Waals surface area contributed by atoms with Gasteiger partial charge in [-0.2, -0.15) is 0 Å². The number of benzene rings is 2. The van der Waals surface area contributed by atoms with E-state index in [1.807, 2.05) is 12.1 Å². The number of anilines is 1. The zero-order valence-electron chi connectivity index (χ0n) is 10.0. The van der Waals surface area contributed by atoms with E-state index in [0.717, 1.165) is 18.7 Å². The van der Waals surface area contributed by atoms with Gasteiger partial charge in [0.15, 0.2) is 0 Å². The number of aliphatic carboxylic acids is 1. The minimum absolute atomic E-state index is 0.225. The summed E-state index contributed by atoms with van der Waals surface area (Å²) in [6, 6.07) is 14.5. The zero-order valence-corrected chi connectivity index (χ0v) is 10.0. The second-order valence-electron chi connectivity index (χ2n) is 4.80. The fourth-order valence-corrected chi connectivity index (χ4v) is 2.57. The van der Waals surface area contributed by atoms with Gasteiger partial charge in [-0.1, -0.05) is 30.3 Å². The first-order valence-electron chi connectivity index (χ1n) is 6.20. The molecular weight excluding hydrogens is 226 g/mol. The van der Waals surface area contributed by atoms with Crippen LogP contribution in [-0.4, -0.2) is 24.2 Å². The lowest BCUT2D eigenvalue weighted by atomic mass is 10.1. The summed E-state index contributed by atoms with van der Waals surface area (Å²) in [5, 5.41) is 11.4. The van der Waals surface area contributed by atoms with Crippen molar-refractivity contribution in [2.75, 3.05) is 18.0 Å². The van der Waals surface area contributed by atoms with Crippen molar-refractivity contribution in [1.29, 1.82) is 0 Å². The maximum absolute atomic E-state index is 11.0. The molecule has 1 N–H and O–H groups in total. The quantitative estimate of drug-likeness (QED) is 0.878. The first kappa shape index (κ1) is 11.1. The van der Waals surface area contributed by atoms with E-state index in [1.165, 1.54) is 10.8 Å². The minimum Gasteiger partial charge on any atom is -0.481 e. The summed E-state index contributed by atoms with van der Waals surface area (Å²) < 4.78 is 0. The Morgan fingerprint density at radius 1 is 1.17 bits per heavy atom. The van der Waals surface area contributed by atoms with Crippen molar-refractivity contribution in [2.45, 2.75) is 6.42 Å². The number of fused-ring (bicyclic) bond motifs is 1. The van der Waals surface area contributed by atoms with Crippen molar-refractivity contribution in [2.24, 2.45) is 5.92 Å². The molecule has 0 bridgehead atoms. The molecule has 1 atom stereocenters. The second-order valence-corrected chi connectivity index (χ2v) is 4.80. The van der Waals surface area contributed by atoms with Crippen LogP contribution in [0.2, 0.25) is 0 Å². The van der Waals surface area contributed by atoms with E-state index in [1.54, 1.807) is 0 Å². The molecule has 18 heavy (non-hydrogen) atoms. The van der Waals surface area contributed by atoms with E-state index in [-0.39, 0.29) is 5.92 Å². The van der Waals surface area contributed by atoms with Gasteiger partial charge in [-0.15, -0.1) is 0 Å². The zero-order chi connectivity index (χ0) is 12.5. The van der Waals surface area contributed by atoms with Crippen molar-refractivity contribution in [3.8, 4) is 0 Å². The summed E-state index contributed by atoms with van der Waals surface area (Å²) in [5.41, 5.74) is 1.12. The SMILES string of the molecule is O=C(O)[C@@H]1CCN(c2ccc3ccccc3c2)C1. The molecule has 2 aromatic carbocycles. The van der Waals surface area contributed by atoms with E-state index in [2.05, 4.69) is 35.2 Å². The molecule has 1 heterocycles. The lowest BCUT2D eigenvalue weighted by molar-refractivity contribution is -0.140. The van der Waals surface area contributed by atoms with Crippen molar-refractivity contribution in [3.63, 3.8) is 0 Å². The highest BCUT2D eigenvalue weighted by atomic mass is 16.4. The highest BCUT2D eigenvalue weighted by Crippen LogP contribution is 2.27. The molecular formula is C15H15NO2. The number of hydrogen-bond donors (Lipinski definition) is 1. The predicted octanol–water partition coefficient (Wildman–Crippen LogP) is 2.75. The van der Waals surface area contributed by atoms with Gasteiger partial charge in [-0.3, -0.25) is 4.79 Å². The van der Waals surface area contributed by atoms with Crippen LogP contribution in [0.25, 0.3) is 10.8 Å². The van der Waals surface area contributed by atoms with Crippen LogP contribution in [-0.2, 0) is 4.79 Å². The molecule has 92 valence electrons. The molecule has 0 spiro atoms. The maximum atomic E-state index is 11.0.